The van der Waals surface area contributed by atoms with Crippen LogP contribution in [0.3, 0.4) is 0 Å². The van der Waals surface area contributed by atoms with Crippen molar-refractivity contribution in [2.75, 3.05) is 0 Å². The molecule has 0 nitrogen and oxygen atoms in total. The smallest absolute Gasteiger partial charge is 0.142 e. The van der Waals surface area contributed by atoms with E-state index in [0.29, 0.717) is 12.8 Å². The molecule has 0 radical (unpaired) electrons. The van der Waals surface area contributed by atoms with Gasteiger partial charge in [-0.2, -0.15) is 0 Å². The van der Waals surface area contributed by atoms with Crippen LogP contribution in [0.4, 0.5) is 8.78 Å². The standard InChI is InChI=1S/C5H8F2/c1-4(6)5(7)2-3-5/h4H,2-3H2,1H3. The molecule has 1 aliphatic carbocycles. The van der Waals surface area contributed by atoms with Crippen LogP contribution >= 0.6 is 0 Å². The van der Waals surface area contributed by atoms with E-state index >= 15 is 0 Å². The predicted octanol–water partition coefficient (Wildman–Crippen LogP) is 1.85. The third kappa shape index (κ3) is 0.740. The van der Waals surface area contributed by atoms with E-state index < -0.39 is 11.8 Å². The van der Waals surface area contributed by atoms with Gasteiger partial charge in [-0.05, 0) is 19.8 Å². The Labute approximate surface area is 41.5 Å². The average Bonchev–Trinajstić information content (AvgIpc) is 2.21. The van der Waals surface area contributed by atoms with Gasteiger partial charge in [-0.15, -0.1) is 0 Å². The van der Waals surface area contributed by atoms with Crippen molar-refractivity contribution in [3.05, 3.63) is 0 Å². The average molecular weight is 106 g/mol. The third-order valence-corrected chi connectivity index (χ3v) is 1.44. The molecule has 0 aromatic carbocycles. The van der Waals surface area contributed by atoms with Gasteiger partial charge in [0, 0.05) is 0 Å². The van der Waals surface area contributed by atoms with E-state index in [9.17, 15) is 8.78 Å². The lowest BCUT2D eigenvalue weighted by molar-refractivity contribution is 0.161. The Morgan fingerprint density at radius 2 is 2.00 bits per heavy atom. The van der Waals surface area contributed by atoms with E-state index in [0.717, 1.165) is 0 Å². The summed E-state index contributed by atoms with van der Waals surface area (Å²) in [6, 6.07) is 0. The van der Waals surface area contributed by atoms with Crippen LogP contribution in [0.1, 0.15) is 19.8 Å². The first-order valence-electron chi connectivity index (χ1n) is 2.48. The Bertz CT molecular complexity index is 74.1. The molecule has 0 saturated heterocycles. The van der Waals surface area contributed by atoms with Gasteiger partial charge in [0.15, 0.2) is 0 Å². The number of halogens is 2. The van der Waals surface area contributed by atoms with Gasteiger partial charge < -0.3 is 0 Å². The molecule has 1 rings (SSSR count). The molecule has 42 valence electrons. The van der Waals surface area contributed by atoms with Crippen molar-refractivity contribution in [2.24, 2.45) is 0 Å². The molecular weight excluding hydrogens is 98.1 g/mol. The minimum atomic E-state index is -1.42. The van der Waals surface area contributed by atoms with Crippen molar-refractivity contribution >= 4 is 0 Å². The second-order valence-corrected chi connectivity index (χ2v) is 2.15. The molecule has 0 aromatic heterocycles. The normalized spacial score (nSPS) is 29.6. The Hall–Kier alpha value is -0.140. The molecule has 0 spiro atoms. The fourth-order valence-electron chi connectivity index (χ4n) is 0.517. The molecule has 2 heteroatoms. The maximum atomic E-state index is 12.2. The Morgan fingerprint density at radius 3 is 2.00 bits per heavy atom. The quantitative estimate of drug-likeness (QED) is 0.478. The molecule has 1 aliphatic rings. The van der Waals surface area contributed by atoms with Crippen molar-refractivity contribution < 1.29 is 8.78 Å². The molecule has 0 aliphatic heterocycles. The van der Waals surface area contributed by atoms with Crippen LogP contribution in [0.15, 0.2) is 0 Å². The van der Waals surface area contributed by atoms with Crippen molar-refractivity contribution in [1.29, 1.82) is 0 Å². The maximum absolute atomic E-state index is 12.2. The van der Waals surface area contributed by atoms with Crippen molar-refractivity contribution in [1.82, 2.24) is 0 Å². The zero-order chi connectivity index (χ0) is 5.49. The van der Waals surface area contributed by atoms with Gasteiger partial charge in [0.25, 0.3) is 0 Å². The molecule has 0 N–H and O–H groups in total. The summed E-state index contributed by atoms with van der Waals surface area (Å²) in [6.07, 6.45) is -0.414. The second-order valence-electron chi connectivity index (χ2n) is 2.15. The highest BCUT2D eigenvalue weighted by Gasteiger charge is 2.48. The highest BCUT2D eigenvalue weighted by atomic mass is 19.2. The van der Waals surface area contributed by atoms with E-state index in [1.165, 1.54) is 6.92 Å². The fourth-order valence-corrected chi connectivity index (χ4v) is 0.517. The van der Waals surface area contributed by atoms with Crippen LogP contribution in [0, 0.1) is 0 Å². The first-order chi connectivity index (χ1) is 3.15. The molecule has 1 atom stereocenters. The second kappa shape index (κ2) is 1.17. The highest BCUT2D eigenvalue weighted by molar-refractivity contribution is 4.98. The van der Waals surface area contributed by atoms with Crippen molar-refractivity contribution in [2.45, 2.75) is 31.6 Å². The zero-order valence-electron chi connectivity index (χ0n) is 4.25. The van der Waals surface area contributed by atoms with Crippen LogP contribution in [-0.4, -0.2) is 11.8 Å². The number of rotatable bonds is 1. The van der Waals surface area contributed by atoms with Crippen molar-refractivity contribution in [3.8, 4) is 0 Å². The molecule has 1 fully saturated rings. The number of alkyl halides is 2. The van der Waals surface area contributed by atoms with E-state index in [4.69, 9.17) is 0 Å². The molecule has 0 heterocycles. The van der Waals surface area contributed by atoms with Gasteiger partial charge in [-0.1, -0.05) is 0 Å². The topological polar surface area (TPSA) is 0 Å². The van der Waals surface area contributed by atoms with Crippen LogP contribution in [-0.2, 0) is 0 Å². The van der Waals surface area contributed by atoms with E-state index in [-0.39, 0.29) is 0 Å². The molecule has 1 saturated carbocycles. The summed E-state index contributed by atoms with van der Waals surface area (Å²) in [5.74, 6) is 0. The lowest BCUT2D eigenvalue weighted by Gasteiger charge is -2.01. The van der Waals surface area contributed by atoms with E-state index in [1.54, 1.807) is 0 Å². The third-order valence-electron chi connectivity index (χ3n) is 1.44. The van der Waals surface area contributed by atoms with Gasteiger partial charge >= 0.3 is 0 Å². The van der Waals surface area contributed by atoms with Gasteiger partial charge in [-0.3, -0.25) is 0 Å². The minimum absolute atomic E-state index is 0.421. The summed E-state index contributed by atoms with van der Waals surface area (Å²) in [4.78, 5) is 0. The van der Waals surface area contributed by atoms with Gasteiger partial charge in [0.05, 0.1) is 0 Å². The SMILES string of the molecule is CC(F)C1(F)CC1. The largest absolute Gasteiger partial charge is 0.244 e. The highest BCUT2D eigenvalue weighted by Crippen LogP contribution is 2.43. The summed E-state index contributed by atoms with van der Waals surface area (Å²) in [5.41, 5.74) is -1.42. The molecule has 0 amide bonds. The molecule has 7 heavy (non-hydrogen) atoms. The fraction of sp³-hybridized carbons (Fsp3) is 1.00. The number of hydrogen-bond acceptors (Lipinski definition) is 0. The lowest BCUT2D eigenvalue weighted by atomic mass is 10.2. The van der Waals surface area contributed by atoms with Crippen LogP contribution in [0.25, 0.3) is 0 Å². The Balaban J connectivity index is 2.39. The van der Waals surface area contributed by atoms with Gasteiger partial charge in [0.1, 0.15) is 11.8 Å². The minimum Gasteiger partial charge on any atom is -0.244 e. The molecule has 1 unspecified atom stereocenters. The first-order valence-corrected chi connectivity index (χ1v) is 2.48. The Kier molecular flexibility index (Phi) is 0.839. The molecule has 0 bridgehead atoms. The van der Waals surface area contributed by atoms with Crippen LogP contribution < -0.4 is 0 Å². The summed E-state index contributed by atoms with van der Waals surface area (Å²) >= 11 is 0. The summed E-state index contributed by atoms with van der Waals surface area (Å²) in [7, 11) is 0. The predicted molar refractivity (Wildman–Crippen MR) is 23.6 cm³/mol. The zero-order valence-corrected chi connectivity index (χ0v) is 4.25. The summed E-state index contributed by atoms with van der Waals surface area (Å²) < 4.78 is 24.1. The van der Waals surface area contributed by atoms with Crippen molar-refractivity contribution in [3.63, 3.8) is 0 Å². The summed E-state index contributed by atoms with van der Waals surface area (Å²) in [5, 5.41) is 0. The van der Waals surface area contributed by atoms with E-state index in [2.05, 4.69) is 0 Å². The van der Waals surface area contributed by atoms with Crippen LogP contribution in [0.2, 0.25) is 0 Å². The van der Waals surface area contributed by atoms with E-state index in [1.807, 2.05) is 0 Å². The first kappa shape index (κ1) is 5.01. The lowest BCUT2D eigenvalue weighted by Crippen LogP contribution is -2.13. The summed E-state index contributed by atoms with van der Waals surface area (Å²) in [6.45, 7) is 1.27. The monoisotopic (exact) mass is 106 g/mol. The van der Waals surface area contributed by atoms with Gasteiger partial charge in [-0.25, -0.2) is 8.78 Å². The van der Waals surface area contributed by atoms with Gasteiger partial charge in [0.2, 0.25) is 0 Å². The molecular formula is C5H8F2. The molecule has 0 aromatic rings. The number of hydrogen-bond donors (Lipinski definition) is 0. The van der Waals surface area contributed by atoms with Crippen LogP contribution in [0.5, 0.6) is 0 Å². The maximum Gasteiger partial charge on any atom is 0.142 e. The Morgan fingerprint density at radius 1 is 1.57 bits per heavy atom.